The van der Waals surface area contributed by atoms with Crippen molar-refractivity contribution in [2.24, 2.45) is 0 Å². The second-order valence-corrected chi connectivity index (χ2v) is 7.59. The third kappa shape index (κ3) is 4.24. The maximum atomic E-state index is 12.1. The number of para-hydroxylation sites is 1. The second kappa shape index (κ2) is 7.48. The van der Waals surface area contributed by atoms with Crippen molar-refractivity contribution < 1.29 is 18.3 Å². The van der Waals surface area contributed by atoms with E-state index in [-0.39, 0.29) is 16.7 Å². The minimum absolute atomic E-state index is 0.0235. The molecule has 0 saturated carbocycles. The second-order valence-electron chi connectivity index (χ2n) is 5.54. The van der Waals surface area contributed by atoms with Crippen LogP contribution in [0.15, 0.2) is 59.8 Å². The van der Waals surface area contributed by atoms with E-state index in [1.165, 1.54) is 18.3 Å². The van der Waals surface area contributed by atoms with E-state index in [9.17, 15) is 13.5 Å². The Hall–Kier alpha value is -2.67. The largest absolute Gasteiger partial charge is 0.493 e. The first-order valence-corrected chi connectivity index (χ1v) is 9.57. The molecular formula is C18H18N2O4S. The number of hydrogen-bond donors (Lipinski definition) is 1. The molecule has 3 rings (SSSR count). The third-order valence-corrected chi connectivity index (χ3v) is 5.39. The Labute approximate surface area is 146 Å². The van der Waals surface area contributed by atoms with Crippen molar-refractivity contribution >= 4 is 20.7 Å². The number of nitrogens with zero attached hydrogens (tertiary/aromatic N) is 2. The predicted molar refractivity (Wildman–Crippen MR) is 94.4 cm³/mol. The summed E-state index contributed by atoms with van der Waals surface area (Å²) in [4.78, 5) is 7.92. The molecular weight excluding hydrogens is 340 g/mol. The van der Waals surface area contributed by atoms with E-state index in [4.69, 9.17) is 4.74 Å². The van der Waals surface area contributed by atoms with Gasteiger partial charge in [0.2, 0.25) is 5.88 Å². The van der Waals surface area contributed by atoms with Crippen LogP contribution in [0.1, 0.15) is 12.8 Å². The van der Waals surface area contributed by atoms with Crippen LogP contribution >= 0.6 is 0 Å². The Morgan fingerprint density at radius 2 is 1.84 bits per heavy atom. The summed E-state index contributed by atoms with van der Waals surface area (Å²) < 4.78 is 30.0. The molecule has 0 saturated heterocycles. The van der Waals surface area contributed by atoms with Gasteiger partial charge in [-0.25, -0.2) is 18.4 Å². The van der Waals surface area contributed by atoms with Gasteiger partial charge in [-0.3, -0.25) is 0 Å². The van der Waals surface area contributed by atoms with Crippen molar-refractivity contribution in [3.05, 3.63) is 54.7 Å². The molecule has 0 amide bonds. The quantitative estimate of drug-likeness (QED) is 0.653. The van der Waals surface area contributed by atoms with Crippen LogP contribution in [-0.4, -0.2) is 35.9 Å². The van der Waals surface area contributed by atoms with Crippen LogP contribution in [0.4, 0.5) is 0 Å². The summed E-state index contributed by atoms with van der Waals surface area (Å²) in [6, 6.07) is 13.7. The number of ether oxygens (including phenoxy) is 1. The maximum absolute atomic E-state index is 12.1. The summed E-state index contributed by atoms with van der Waals surface area (Å²) in [7, 11) is -3.36. The number of benzene rings is 1. The van der Waals surface area contributed by atoms with E-state index in [0.29, 0.717) is 30.7 Å². The lowest BCUT2D eigenvalue weighted by molar-refractivity contribution is 0.311. The van der Waals surface area contributed by atoms with Gasteiger partial charge < -0.3 is 9.84 Å². The fourth-order valence-electron chi connectivity index (χ4n) is 2.46. The van der Waals surface area contributed by atoms with Gasteiger partial charge in [0.25, 0.3) is 0 Å². The summed E-state index contributed by atoms with van der Waals surface area (Å²) in [6.07, 6.45) is 2.51. The number of hydrogen-bond acceptors (Lipinski definition) is 6. The summed E-state index contributed by atoms with van der Waals surface area (Å²) >= 11 is 0. The SMILES string of the molecule is O=S(=O)(CCCCOc1cc(O)nc2ccccc12)c1ccccn1. The van der Waals surface area contributed by atoms with E-state index in [0.717, 1.165) is 5.39 Å². The van der Waals surface area contributed by atoms with Crippen molar-refractivity contribution in [3.63, 3.8) is 0 Å². The molecule has 0 fully saturated rings. The molecule has 0 aliphatic carbocycles. The molecule has 1 aromatic carbocycles. The minimum atomic E-state index is -3.36. The van der Waals surface area contributed by atoms with Gasteiger partial charge in [0.15, 0.2) is 14.9 Å². The van der Waals surface area contributed by atoms with Crippen LogP contribution in [0, 0.1) is 0 Å². The number of aromatic hydroxyl groups is 1. The highest BCUT2D eigenvalue weighted by Crippen LogP contribution is 2.27. The highest BCUT2D eigenvalue weighted by atomic mass is 32.2. The maximum Gasteiger partial charge on any atom is 0.215 e. The number of fused-ring (bicyclic) bond motifs is 1. The minimum Gasteiger partial charge on any atom is -0.493 e. The molecule has 3 aromatic rings. The summed E-state index contributed by atoms with van der Waals surface area (Å²) in [5.74, 6) is 0.456. The molecule has 0 aliphatic heterocycles. The smallest absolute Gasteiger partial charge is 0.215 e. The van der Waals surface area contributed by atoms with Crippen molar-refractivity contribution in [3.8, 4) is 11.6 Å². The van der Waals surface area contributed by atoms with E-state index in [2.05, 4.69) is 9.97 Å². The number of pyridine rings is 2. The van der Waals surface area contributed by atoms with Crippen LogP contribution in [0.3, 0.4) is 0 Å². The normalized spacial score (nSPS) is 11.5. The Balaban J connectivity index is 1.56. The Morgan fingerprint density at radius 3 is 2.64 bits per heavy atom. The zero-order valence-electron chi connectivity index (χ0n) is 13.5. The van der Waals surface area contributed by atoms with Crippen LogP contribution in [0.5, 0.6) is 11.6 Å². The van der Waals surface area contributed by atoms with E-state index >= 15 is 0 Å². The van der Waals surface area contributed by atoms with Gasteiger partial charge in [0.1, 0.15) is 5.75 Å². The molecule has 1 N–H and O–H groups in total. The Kier molecular flexibility index (Phi) is 5.14. The molecule has 7 heteroatoms. The van der Waals surface area contributed by atoms with Gasteiger partial charge in [-0.1, -0.05) is 18.2 Å². The van der Waals surface area contributed by atoms with Crippen LogP contribution in [-0.2, 0) is 9.84 Å². The van der Waals surface area contributed by atoms with Gasteiger partial charge in [0, 0.05) is 17.6 Å². The van der Waals surface area contributed by atoms with E-state index in [1.54, 1.807) is 18.2 Å². The fraction of sp³-hybridized carbons (Fsp3) is 0.222. The molecule has 130 valence electrons. The Morgan fingerprint density at radius 1 is 1.04 bits per heavy atom. The number of sulfone groups is 1. The average molecular weight is 358 g/mol. The lowest BCUT2D eigenvalue weighted by atomic mass is 10.2. The number of aromatic nitrogens is 2. The molecule has 25 heavy (non-hydrogen) atoms. The Bertz CT molecular complexity index is 959. The number of rotatable bonds is 7. The first-order chi connectivity index (χ1) is 12.1. The van der Waals surface area contributed by atoms with Crippen LogP contribution in [0.25, 0.3) is 10.9 Å². The molecule has 0 unspecified atom stereocenters. The zero-order valence-corrected chi connectivity index (χ0v) is 14.3. The van der Waals surface area contributed by atoms with E-state index in [1.807, 2.05) is 18.2 Å². The van der Waals surface area contributed by atoms with Crippen LogP contribution < -0.4 is 4.74 Å². The predicted octanol–water partition coefficient (Wildman–Crippen LogP) is 2.97. The first-order valence-electron chi connectivity index (χ1n) is 7.91. The van der Waals surface area contributed by atoms with Crippen LogP contribution in [0.2, 0.25) is 0 Å². The van der Waals surface area contributed by atoms with Crippen molar-refractivity contribution in [1.29, 1.82) is 0 Å². The number of unbranched alkanes of at least 4 members (excludes halogenated alkanes) is 1. The molecule has 2 heterocycles. The summed E-state index contributed by atoms with van der Waals surface area (Å²) in [6.45, 7) is 0.352. The average Bonchev–Trinajstić information content (AvgIpc) is 2.62. The lowest BCUT2D eigenvalue weighted by Crippen LogP contribution is -2.10. The third-order valence-electron chi connectivity index (χ3n) is 3.69. The summed E-state index contributed by atoms with van der Waals surface area (Å²) in [5, 5.41) is 10.6. The van der Waals surface area contributed by atoms with Crippen molar-refractivity contribution in [2.45, 2.75) is 17.9 Å². The highest BCUT2D eigenvalue weighted by Gasteiger charge is 2.14. The van der Waals surface area contributed by atoms with Gasteiger partial charge in [-0.15, -0.1) is 0 Å². The zero-order chi connectivity index (χ0) is 17.7. The fourth-order valence-corrected chi connectivity index (χ4v) is 3.76. The van der Waals surface area contributed by atoms with Gasteiger partial charge in [-0.05, 0) is 37.1 Å². The topological polar surface area (TPSA) is 89.4 Å². The molecule has 2 aromatic heterocycles. The first kappa shape index (κ1) is 17.2. The van der Waals surface area contributed by atoms with Gasteiger partial charge >= 0.3 is 0 Å². The van der Waals surface area contributed by atoms with Crippen molar-refractivity contribution in [1.82, 2.24) is 9.97 Å². The molecule has 6 nitrogen and oxygen atoms in total. The molecule has 0 bridgehead atoms. The highest BCUT2D eigenvalue weighted by molar-refractivity contribution is 7.91. The lowest BCUT2D eigenvalue weighted by Gasteiger charge is -2.09. The van der Waals surface area contributed by atoms with Crippen molar-refractivity contribution in [2.75, 3.05) is 12.4 Å². The molecule has 0 atom stereocenters. The van der Waals surface area contributed by atoms with Gasteiger partial charge in [-0.2, -0.15) is 0 Å². The van der Waals surface area contributed by atoms with E-state index < -0.39 is 9.84 Å². The molecule has 0 aliphatic rings. The van der Waals surface area contributed by atoms with Gasteiger partial charge in [0.05, 0.1) is 17.9 Å². The summed E-state index contributed by atoms with van der Waals surface area (Å²) in [5.41, 5.74) is 0.648. The standard InChI is InChI=1S/C18H18N2O4S/c21-17-13-16(14-7-1-2-8-15(14)20-17)24-11-5-6-12-25(22,23)18-9-3-4-10-19-18/h1-4,7-10,13H,5-6,11-12H2,(H,20,21). The molecule has 0 radical (unpaired) electrons. The monoisotopic (exact) mass is 358 g/mol. The molecule has 0 spiro atoms.